The lowest BCUT2D eigenvalue weighted by Crippen LogP contribution is -2.54. The molecular formula is C12H18N2O. The summed E-state index contributed by atoms with van der Waals surface area (Å²) in [6.07, 6.45) is 0. The molecule has 1 heterocycles. The van der Waals surface area contributed by atoms with Crippen molar-refractivity contribution >= 4 is 5.69 Å². The van der Waals surface area contributed by atoms with Gasteiger partial charge in [-0.2, -0.15) is 0 Å². The maximum absolute atomic E-state index is 9.45. The van der Waals surface area contributed by atoms with Gasteiger partial charge < -0.3 is 15.3 Å². The van der Waals surface area contributed by atoms with Crippen LogP contribution in [0.15, 0.2) is 24.3 Å². The van der Waals surface area contributed by atoms with Gasteiger partial charge in [0.15, 0.2) is 0 Å². The second kappa shape index (κ2) is 4.11. The van der Waals surface area contributed by atoms with E-state index in [1.54, 1.807) is 6.07 Å². The first-order chi connectivity index (χ1) is 7.16. The predicted molar refractivity (Wildman–Crippen MR) is 62.4 cm³/mol. The lowest BCUT2D eigenvalue weighted by molar-refractivity contribution is 0.424. The van der Waals surface area contributed by atoms with E-state index in [0.717, 1.165) is 18.8 Å². The summed E-state index contributed by atoms with van der Waals surface area (Å²) in [5.41, 5.74) is 1.11. The Labute approximate surface area is 90.7 Å². The predicted octanol–water partition coefficient (Wildman–Crippen LogP) is 1.58. The van der Waals surface area contributed by atoms with Crippen molar-refractivity contribution in [2.24, 2.45) is 0 Å². The highest BCUT2D eigenvalue weighted by Crippen LogP contribution is 2.23. The SMILES string of the molecule is C[C@@H]1CN(c2cccc(O)c2)[C@H](C)CN1. The van der Waals surface area contributed by atoms with Gasteiger partial charge >= 0.3 is 0 Å². The normalized spacial score (nSPS) is 26.7. The molecule has 2 rings (SSSR count). The third kappa shape index (κ3) is 2.23. The summed E-state index contributed by atoms with van der Waals surface area (Å²) in [5, 5.41) is 12.9. The van der Waals surface area contributed by atoms with Gasteiger partial charge in [0, 0.05) is 36.9 Å². The molecule has 0 saturated carbocycles. The summed E-state index contributed by atoms with van der Waals surface area (Å²) in [6.45, 7) is 6.37. The van der Waals surface area contributed by atoms with Crippen LogP contribution in [0.25, 0.3) is 0 Å². The van der Waals surface area contributed by atoms with E-state index in [4.69, 9.17) is 0 Å². The average Bonchev–Trinajstić information content (AvgIpc) is 2.22. The fraction of sp³-hybridized carbons (Fsp3) is 0.500. The number of anilines is 1. The van der Waals surface area contributed by atoms with Gasteiger partial charge in [0.1, 0.15) is 5.75 Å². The largest absolute Gasteiger partial charge is 0.508 e. The van der Waals surface area contributed by atoms with Gasteiger partial charge in [0.2, 0.25) is 0 Å². The van der Waals surface area contributed by atoms with Crippen LogP contribution in [0.4, 0.5) is 5.69 Å². The van der Waals surface area contributed by atoms with Crippen molar-refractivity contribution in [2.45, 2.75) is 25.9 Å². The molecule has 15 heavy (non-hydrogen) atoms. The van der Waals surface area contributed by atoms with E-state index in [1.165, 1.54) is 0 Å². The summed E-state index contributed by atoms with van der Waals surface area (Å²) in [7, 11) is 0. The smallest absolute Gasteiger partial charge is 0.117 e. The highest BCUT2D eigenvalue weighted by atomic mass is 16.3. The minimum absolute atomic E-state index is 0.339. The number of hydrogen-bond acceptors (Lipinski definition) is 3. The van der Waals surface area contributed by atoms with E-state index in [0.29, 0.717) is 17.8 Å². The zero-order valence-electron chi connectivity index (χ0n) is 9.27. The number of phenols is 1. The Balaban J connectivity index is 2.21. The van der Waals surface area contributed by atoms with Crippen LogP contribution in [-0.2, 0) is 0 Å². The van der Waals surface area contributed by atoms with Gasteiger partial charge in [-0.05, 0) is 26.0 Å². The molecule has 0 aliphatic carbocycles. The molecule has 1 fully saturated rings. The molecule has 0 unspecified atom stereocenters. The molecule has 2 atom stereocenters. The van der Waals surface area contributed by atoms with Crippen LogP contribution in [0.1, 0.15) is 13.8 Å². The quantitative estimate of drug-likeness (QED) is 0.732. The van der Waals surface area contributed by atoms with Gasteiger partial charge in [-0.15, -0.1) is 0 Å². The van der Waals surface area contributed by atoms with E-state index in [1.807, 2.05) is 18.2 Å². The number of rotatable bonds is 1. The zero-order chi connectivity index (χ0) is 10.8. The number of nitrogens with one attached hydrogen (secondary N) is 1. The molecule has 1 aliphatic rings. The first kappa shape index (κ1) is 10.3. The first-order valence-corrected chi connectivity index (χ1v) is 5.46. The van der Waals surface area contributed by atoms with Gasteiger partial charge in [-0.3, -0.25) is 0 Å². The van der Waals surface area contributed by atoms with Crippen LogP contribution in [0.5, 0.6) is 5.75 Å². The molecule has 3 nitrogen and oxygen atoms in total. The molecule has 1 aliphatic heterocycles. The summed E-state index contributed by atoms with van der Waals surface area (Å²) in [5.74, 6) is 0.339. The lowest BCUT2D eigenvalue weighted by atomic mass is 10.1. The molecule has 1 aromatic carbocycles. The number of nitrogens with zero attached hydrogens (tertiary/aromatic N) is 1. The maximum Gasteiger partial charge on any atom is 0.117 e. The Hall–Kier alpha value is -1.22. The van der Waals surface area contributed by atoms with Crippen LogP contribution >= 0.6 is 0 Å². The van der Waals surface area contributed by atoms with E-state index >= 15 is 0 Å². The zero-order valence-corrected chi connectivity index (χ0v) is 9.27. The van der Waals surface area contributed by atoms with Gasteiger partial charge in [0.05, 0.1) is 0 Å². The second-order valence-electron chi connectivity index (χ2n) is 4.33. The molecular weight excluding hydrogens is 188 g/mol. The minimum Gasteiger partial charge on any atom is -0.508 e. The molecule has 1 saturated heterocycles. The van der Waals surface area contributed by atoms with Crippen LogP contribution < -0.4 is 10.2 Å². The summed E-state index contributed by atoms with van der Waals surface area (Å²) >= 11 is 0. The summed E-state index contributed by atoms with van der Waals surface area (Å²) in [6, 6.07) is 8.46. The Morgan fingerprint density at radius 3 is 2.93 bits per heavy atom. The van der Waals surface area contributed by atoms with E-state index in [9.17, 15) is 5.11 Å². The van der Waals surface area contributed by atoms with Crippen LogP contribution in [-0.4, -0.2) is 30.3 Å². The monoisotopic (exact) mass is 206 g/mol. The Morgan fingerprint density at radius 2 is 2.20 bits per heavy atom. The standard InChI is InChI=1S/C12H18N2O/c1-9-8-14(10(2)7-13-9)11-4-3-5-12(15)6-11/h3-6,9-10,13,15H,7-8H2,1-2H3/t9-,10-/m1/s1. The molecule has 0 bridgehead atoms. The second-order valence-corrected chi connectivity index (χ2v) is 4.33. The molecule has 0 amide bonds. The summed E-state index contributed by atoms with van der Waals surface area (Å²) in [4.78, 5) is 2.33. The van der Waals surface area contributed by atoms with E-state index in [-0.39, 0.29) is 0 Å². The highest BCUT2D eigenvalue weighted by Gasteiger charge is 2.22. The van der Waals surface area contributed by atoms with Gasteiger partial charge in [-0.25, -0.2) is 0 Å². The number of benzene rings is 1. The average molecular weight is 206 g/mol. The fourth-order valence-electron chi connectivity index (χ4n) is 2.05. The maximum atomic E-state index is 9.45. The molecule has 0 radical (unpaired) electrons. The van der Waals surface area contributed by atoms with E-state index in [2.05, 4.69) is 24.1 Å². The van der Waals surface area contributed by atoms with Crippen molar-refractivity contribution in [3.05, 3.63) is 24.3 Å². The molecule has 1 aromatic rings. The number of hydrogen-bond donors (Lipinski definition) is 2. The van der Waals surface area contributed by atoms with Crippen molar-refractivity contribution in [1.82, 2.24) is 5.32 Å². The van der Waals surface area contributed by atoms with Crippen molar-refractivity contribution in [2.75, 3.05) is 18.0 Å². The highest BCUT2D eigenvalue weighted by molar-refractivity contribution is 5.51. The van der Waals surface area contributed by atoms with Gasteiger partial charge in [0.25, 0.3) is 0 Å². The van der Waals surface area contributed by atoms with Crippen LogP contribution in [0.2, 0.25) is 0 Å². The first-order valence-electron chi connectivity index (χ1n) is 5.46. The molecule has 82 valence electrons. The Kier molecular flexibility index (Phi) is 2.82. The molecule has 0 spiro atoms. The number of aromatic hydroxyl groups is 1. The Morgan fingerprint density at radius 1 is 1.40 bits per heavy atom. The minimum atomic E-state index is 0.339. The van der Waals surface area contributed by atoms with E-state index < -0.39 is 0 Å². The van der Waals surface area contributed by atoms with Crippen molar-refractivity contribution in [1.29, 1.82) is 0 Å². The molecule has 2 N–H and O–H groups in total. The van der Waals surface area contributed by atoms with Crippen LogP contribution in [0.3, 0.4) is 0 Å². The van der Waals surface area contributed by atoms with Gasteiger partial charge in [-0.1, -0.05) is 6.07 Å². The topological polar surface area (TPSA) is 35.5 Å². The lowest BCUT2D eigenvalue weighted by Gasteiger charge is -2.39. The molecule has 3 heteroatoms. The van der Waals surface area contributed by atoms with Crippen molar-refractivity contribution in [3.63, 3.8) is 0 Å². The van der Waals surface area contributed by atoms with Crippen molar-refractivity contribution < 1.29 is 5.11 Å². The summed E-state index contributed by atoms with van der Waals surface area (Å²) < 4.78 is 0. The van der Waals surface area contributed by atoms with Crippen LogP contribution in [0, 0.1) is 0 Å². The third-order valence-electron chi connectivity index (χ3n) is 2.93. The van der Waals surface area contributed by atoms with Crippen molar-refractivity contribution in [3.8, 4) is 5.75 Å². The third-order valence-corrected chi connectivity index (χ3v) is 2.93. The number of piperazine rings is 1. The fourth-order valence-corrected chi connectivity index (χ4v) is 2.05. The Bertz CT molecular complexity index is 340. The number of phenolic OH excluding ortho intramolecular Hbond substituents is 1. The molecule has 0 aromatic heterocycles.